The largest absolute Gasteiger partial charge is 0.444 e. The summed E-state index contributed by atoms with van der Waals surface area (Å²) in [4.78, 5) is 41.2. The lowest BCUT2D eigenvalue weighted by Crippen LogP contribution is -2.52. The lowest BCUT2D eigenvalue weighted by Gasteiger charge is -2.38. The number of aliphatic imine (C=N–C) groups is 1. The van der Waals surface area contributed by atoms with Crippen molar-refractivity contribution in [3.8, 4) is 0 Å². The molecule has 1 unspecified atom stereocenters. The zero-order valence-electron chi connectivity index (χ0n) is 20.6. The molecule has 8 heteroatoms. The van der Waals surface area contributed by atoms with Crippen LogP contribution >= 0.6 is 0 Å². The monoisotopic (exact) mass is 463 g/mol. The predicted molar refractivity (Wildman–Crippen MR) is 133 cm³/mol. The van der Waals surface area contributed by atoms with Crippen LogP contribution in [0.25, 0.3) is 0 Å². The van der Waals surface area contributed by atoms with E-state index in [1.165, 1.54) is 0 Å². The fourth-order valence-corrected chi connectivity index (χ4v) is 4.58. The second kappa shape index (κ2) is 9.44. The van der Waals surface area contributed by atoms with E-state index >= 15 is 0 Å². The summed E-state index contributed by atoms with van der Waals surface area (Å²) in [6.45, 7) is 6.64. The molecule has 4 rings (SSSR count). The summed E-state index contributed by atoms with van der Waals surface area (Å²) in [5.74, 6) is 0.0402. The highest BCUT2D eigenvalue weighted by atomic mass is 16.6. The van der Waals surface area contributed by atoms with Gasteiger partial charge >= 0.3 is 6.09 Å². The van der Waals surface area contributed by atoms with Crippen molar-refractivity contribution in [3.63, 3.8) is 0 Å². The van der Waals surface area contributed by atoms with Crippen LogP contribution in [0.15, 0.2) is 47.6 Å². The van der Waals surface area contributed by atoms with Crippen molar-refractivity contribution in [2.75, 3.05) is 32.1 Å². The molecule has 0 aliphatic carbocycles. The van der Waals surface area contributed by atoms with Gasteiger partial charge in [0, 0.05) is 38.9 Å². The van der Waals surface area contributed by atoms with E-state index in [1.54, 1.807) is 17.4 Å². The van der Waals surface area contributed by atoms with E-state index in [9.17, 15) is 9.59 Å². The molecule has 2 aliphatic heterocycles. The Labute approximate surface area is 201 Å². The first kappa shape index (κ1) is 23.7. The summed E-state index contributed by atoms with van der Waals surface area (Å²) in [5.41, 5.74) is 1.97. The van der Waals surface area contributed by atoms with Crippen LogP contribution < -0.4 is 4.90 Å². The number of amides is 2. The summed E-state index contributed by atoms with van der Waals surface area (Å²) in [7, 11) is 3.79. The Hall–Kier alpha value is -3.42. The maximum Gasteiger partial charge on any atom is 0.410 e. The van der Waals surface area contributed by atoms with Crippen LogP contribution in [0.4, 0.5) is 16.3 Å². The van der Waals surface area contributed by atoms with E-state index in [1.807, 2.05) is 81.1 Å². The van der Waals surface area contributed by atoms with Gasteiger partial charge in [-0.05, 0) is 45.2 Å². The van der Waals surface area contributed by atoms with Crippen molar-refractivity contribution >= 4 is 29.8 Å². The van der Waals surface area contributed by atoms with Gasteiger partial charge in [-0.3, -0.25) is 4.79 Å². The maximum absolute atomic E-state index is 14.0. The highest BCUT2D eigenvalue weighted by Gasteiger charge is 2.45. The Morgan fingerprint density at radius 1 is 1.21 bits per heavy atom. The van der Waals surface area contributed by atoms with Gasteiger partial charge in [0.05, 0.1) is 24.0 Å². The zero-order chi connectivity index (χ0) is 24.5. The number of pyridine rings is 1. The van der Waals surface area contributed by atoms with Crippen molar-refractivity contribution in [1.82, 2.24) is 14.8 Å². The molecular weight excluding hydrogens is 430 g/mol. The number of hydrogen-bond donors (Lipinski definition) is 0. The molecule has 2 aliphatic rings. The standard InChI is InChI=1S/C26H33N5O3/c1-26(2,3)34-25(33)30-15-9-12-19(16-30)31-20-13-14-27-23(28-17-29(4)5)22(20)21(24(31)32)18-10-7-6-8-11-18/h6-8,10-11,13-14,17,19,21H,9,12,15-16H2,1-5H3/b28-17+/t19-,21?/m1/s1. The van der Waals surface area contributed by atoms with Gasteiger partial charge in [0.25, 0.3) is 0 Å². The first-order valence-corrected chi connectivity index (χ1v) is 11.7. The third kappa shape index (κ3) is 4.90. The summed E-state index contributed by atoms with van der Waals surface area (Å²) < 4.78 is 5.60. The number of ether oxygens (including phenoxy) is 1. The molecule has 1 fully saturated rings. The summed E-state index contributed by atoms with van der Waals surface area (Å²) in [5, 5.41) is 0. The van der Waals surface area contributed by atoms with Crippen molar-refractivity contribution in [2.45, 2.75) is 51.2 Å². The lowest BCUT2D eigenvalue weighted by molar-refractivity contribution is -0.119. The summed E-state index contributed by atoms with van der Waals surface area (Å²) in [6.07, 6.45) is 4.67. The normalized spacial score (nSPS) is 20.6. The minimum absolute atomic E-state index is 0.00783. The predicted octanol–water partition coefficient (Wildman–Crippen LogP) is 4.18. The molecule has 2 aromatic rings. The molecule has 0 bridgehead atoms. The minimum atomic E-state index is -0.566. The molecule has 0 saturated carbocycles. The SMILES string of the molecule is CN(C)/C=N/c1nccc2c1C(c1ccccc1)C(=O)N2[C@@H]1CCCN(C(=O)OC(C)(C)C)C1. The van der Waals surface area contributed by atoms with Gasteiger partial charge in [-0.1, -0.05) is 30.3 Å². The average Bonchev–Trinajstić information content (AvgIpc) is 3.09. The Balaban J connectivity index is 1.72. The van der Waals surface area contributed by atoms with Crippen LogP contribution in [0.3, 0.4) is 0 Å². The number of benzene rings is 1. The third-order valence-corrected chi connectivity index (χ3v) is 5.94. The van der Waals surface area contributed by atoms with Gasteiger partial charge in [-0.15, -0.1) is 0 Å². The summed E-state index contributed by atoms with van der Waals surface area (Å²) in [6, 6.07) is 11.5. The zero-order valence-corrected chi connectivity index (χ0v) is 20.6. The number of hydrogen-bond acceptors (Lipinski definition) is 5. The number of carbonyl (C=O) groups excluding carboxylic acids is 2. The van der Waals surface area contributed by atoms with Crippen LogP contribution in [0.2, 0.25) is 0 Å². The Bertz CT molecular complexity index is 1080. The first-order chi connectivity index (χ1) is 16.2. The van der Waals surface area contributed by atoms with Crippen LogP contribution in [0.1, 0.15) is 50.7 Å². The minimum Gasteiger partial charge on any atom is -0.444 e. The number of aromatic nitrogens is 1. The van der Waals surface area contributed by atoms with E-state index in [0.29, 0.717) is 18.9 Å². The molecule has 0 spiro atoms. The molecule has 2 atom stereocenters. The van der Waals surface area contributed by atoms with Crippen LogP contribution in [-0.4, -0.2) is 72.0 Å². The van der Waals surface area contributed by atoms with E-state index in [0.717, 1.165) is 29.7 Å². The first-order valence-electron chi connectivity index (χ1n) is 11.7. The number of rotatable bonds is 4. The Morgan fingerprint density at radius 2 is 1.94 bits per heavy atom. The second-order valence-corrected chi connectivity index (χ2v) is 10.0. The van der Waals surface area contributed by atoms with Gasteiger partial charge < -0.3 is 19.4 Å². The van der Waals surface area contributed by atoms with Gasteiger partial charge in [0.1, 0.15) is 5.60 Å². The molecular formula is C26H33N5O3. The fraction of sp³-hybridized carbons (Fsp3) is 0.462. The second-order valence-electron chi connectivity index (χ2n) is 10.0. The Morgan fingerprint density at radius 3 is 2.62 bits per heavy atom. The summed E-state index contributed by atoms with van der Waals surface area (Å²) >= 11 is 0. The number of nitrogens with zero attached hydrogens (tertiary/aromatic N) is 5. The van der Waals surface area contributed by atoms with Crippen LogP contribution in [0.5, 0.6) is 0 Å². The van der Waals surface area contributed by atoms with E-state index in [2.05, 4.69) is 9.98 Å². The molecule has 180 valence electrons. The molecule has 0 N–H and O–H groups in total. The van der Waals surface area contributed by atoms with Gasteiger partial charge in [0.2, 0.25) is 5.91 Å². The van der Waals surface area contributed by atoms with Crippen molar-refractivity contribution in [2.24, 2.45) is 4.99 Å². The molecule has 3 heterocycles. The highest BCUT2D eigenvalue weighted by Crippen LogP contribution is 2.46. The number of likely N-dealkylation sites (tertiary alicyclic amines) is 1. The van der Waals surface area contributed by atoms with E-state index in [-0.39, 0.29) is 18.0 Å². The molecule has 8 nitrogen and oxygen atoms in total. The third-order valence-electron chi connectivity index (χ3n) is 5.94. The van der Waals surface area contributed by atoms with E-state index < -0.39 is 11.5 Å². The quantitative estimate of drug-likeness (QED) is 0.502. The maximum atomic E-state index is 14.0. The highest BCUT2D eigenvalue weighted by molar-refractivity contribution is 6.09. The number of carbonyl (C=O) groups is 2. The fourth-order valence-electron chi connectivity index (χ4n) is 4.58. The van der Waals surface area contributed by atoms with Crippen LogP contribution in [0, 0.1) is 0 Å². The number of piperidine rings is 1. The molecule has 0 radical (unpaired) electrons. The topological polar surface area (TPSA) is 78.3 Å². The van der Waals surface area contributed by atoms with Crippen molar-refractivity contribution in [1.29, 1.82) is 0 Å². The average molecular weight is 464 g/mol. The van der Waals surface area contributed by atoms with Gasteiger partial charge in [-0.25, -0.2) is 14.8 Å². The lowest BCUT2D eigenvalue weighted by atomic mass is 9.93. The smallest absolute Gasteiger partial charge is 0.410 e. The van der Waals surface area contributed by atoms with Crippen molar-refractivity contribution < 1.29 is 14.3 Å². The number of fused-ring (bicyclic) bond motifs is 1. The number of anilines is 1. The van der Waals surface area contributed by atoms with Gasteiger partial charge in [0.15, 0.2) is 5.82 Å². The molecule has 2 amide bonds. The van der Waals surface area contributed by atoms with Crippen LogP contribution in [-0.2, 0) is 9.53 Å². The van der Waals surface area contributed by atoms with Gasteiger partial charge in [-0.2, -0.15) is 0 Å². The van der Waals surface area contributed by atoms with Crippen molar-refractivity contribution in [3.05, 3.63) is 53.7 Å². The molecule has 1 aromatic carbocycles. The van der Waals surface area contributed by atoms with E-state index in [4.69, 9.17) is 4.74 Å². The molecule has 1 saturated heterocycles. The molecule has 1 aromatic heterocycles. The Kier molecular flexibility index (Phi) is 6.59. The molecule has 34 heavy (non-hydrogen) atoms.